The molecule has 0 aliphatic carbocycles. The molecule has 1 unspecified atom stereocenters. The van der Waals surface area contributed by atoms with Gasteiger partial charge < -0.3 is 14.9 Å². The van der Waals surface area contributed by atoms with E-state index in [4.69, 9.17) is 10.2 Å². The Morgan fingerprint density at radius 1 is 1.19 bits per heavy atom. The molecular weight excluding hydrogens is 212 g/mol. The van der Waals surface area contributed by atoms with Gasteiger partial charge in [0, 0.05) is 7.11 Å². The number of carbonyl (C=O) groups is 2. The lowest BCUT2D eigenvalue weighted by atomic mass is 9.93. The van der Waals surface area contributed by atoms with Gasteiger partial charge in [0.2, 0.25) is 6.10 Å². The molecule has 5 nitrogen and oxygen atoms in total. The zero-order valence-corrected chi connectivity index (χ0v) is 8.58. The summed E-state index contributed by atoms with van der Waals surface area (Å²) < 4.78 is 4.63. The highest BCUT2D eigenvalue weighted by Gasteiger charge is 2.36. The van der Waals surface area contributed by atoms with Gasteiger partial charge in [-0.05, 0) is 5.56 Å². The second kappa shape index (κ2) is 5.27. The van der Waals surface area contributed by atoms with E-state index in [1.807, 2.05) is 0 Å². The summed E-state index contributed by atoms with van der Waals surface area (Å²) in [6.45, 7) is 0. The molecule has 0 heterocycles. The standard InChI is InChI=1S/C11H11O5/c1-16-9(11(14)15)8(10(12)13)7-5-3-2-4-6-7/h2-6,8H,1H3,(H,12,13)(H,14,15). The number of carboxylic acid groups (broad SMARTS) is 2. The van der Waals surface area contributed by atoms with E-state index in [0.717, 1.165) is 7.11 Å². The van der Waals surface area contributed by atoms with E-state index in [9.17, 15) is 9.59 Å². The molecule has 0 spiro atoms. The summed E-state index contributed by atoms with van der Waals surface area (Å²) in [4.78, 5) is 21.9. The summed E-state index contributed by atoms with van der Waals surface area (Å²) in [6, 6.07) is 8.08. The predicted octanol–water partition coefficient (Wildman–Crippen LogP) is 1.12. The molecule has 0 fully saturated rings. The Morgan fingerprint density at radius 3 is 2.12 bits per heavy atom. The van der Waals surface area contributed by atoms with Gasteiger partial charge in [0.05, 0.1) is 0 Å². The van der Waals surface area contributed by atoms with Crippen LogP contribution in [0.3, 0.4) is 0 Å². The Morgan fingerprint density at radius 2 is 1.75 bits per heavy atom. The van der Waals surface area contributed by atoms with Crippen LogP contribution in [0.15, 0.2) is 30.3 Å². The lowest BCUT2D eigenvalue weighted by molar-refractivity contribution is -0.148. The van der Waals surface area contributed by atoms with E-state index in [1.165, 1.54) is 0 Å². The summed E-state index contributed by atoms with van der Waals surface area (Å²) in [7, 11) is 1.14. The molecule has 0 saturated carbocycles. The Hall–Kier alpha value is -1.88. The highest BCUT2D eigenvalue weighted by Crippen LogP contribution is 2.27. The fourth-order valence-corrected chi connectivity index (χ4v) is 1.38. The third kappa shape index (κ3) is 2.58. The number of methoxy groups -OCH3 is 1. The molecule has 0 bridgehead atoms. The van der Waals surface area contributed by atoms with Crippen molar-refractivity contribution >= 4 is 11.9 Å². The van der Waals surface area contributed by atoms with Crippen LogP contribution in [0.1, 0.15) is 11.5 Å². The first-order valence-corrected chi connectivity index (χ1v) is 4.49. The molecule has 2 N–H and O–H groups in total. The SMILES string of the molecule is CO[C](C(=O)O)C(C(=O)O)c1ccccc1. The van der Waals surface area contributed by atoms with Crippen molar-refractivity contribution in [3.05, 3.63) is 42.0 Å². The van der Waals surface area contributed by atoms with Crippen LogP contribution in [0.2, 0.25) is 0 Å². The summed E-state index contributed by atoms with van der Waals surface area (Å²) >= 11 is 0. The van der Waals surface area contributed by atoms with Crippen LogP contribution in [0.4, 0.5) is 0 Å². The lowest BCUT2D eigenvalue weighted by Crippen LogP contribution is -2.27. The molecule has 1 aromatic rings. The summed E-state index contributed by atoms with van der Waals surface area (Å²) in [6.07, 6.45) is -0.501. The average molecular weight is 223 g/mol. The van der Waals surface area contributed by atoms with Crippen molar-refractivity contribution in [2.75, 3.05) is 7.11 Å². The second-order valence-electron chi connectivity index (χ2n) is 3.06. The van der Waals surface area contributed by atoms with E-state index < -0.39 is 24.0 Å². The molecule has 5 heteroatoms. The topological polar surface area (TPSA) is 83.8 Å². The van der Waals surface area contributed by atoms with Gasteiger partial charge in [0.1, 0.15) is 5.92 Å². The molecule has 0 aliphatic rings. The van der Waals surface area contributed by atoms with Crippen LogP contribution < -0.4 is 0 Å². The normalized spacial score (nSPS) is 12.4. The van der Waals surface area contributed by atoms with Crippen LogP contribution >= 0.6 is 0 Å². The fraction of sp³-hybridized carbons (Fsp3) is 0.182. The minimum Gasteiger partial charge on any atom is -0.481 e. The maximum absolute atomic E-state index is 11.0. The first-order valence-electron chi connectivity index (χ1n) is 4.49. The maximum Gasteiger partial charge on any atom is 0.341 e. The van der Waals surface area contributed by atoms with Gasteiger partial charge in [-0.1, -0.05) is 30.3 Å². The Balaban J connectivity index is 3.09. The van der Waals surface area contributed by atoms with Crippen molar-refractivity contribution in [3.63, 3.8) is 0 Å². The number of rotatable bonds is 5. The van der Waals surface area contributed by atoms with E-state index in [0.29, 0.717) is 5.56 Å². The van der Waals surface area contributed by atoms with Crippen molar-refractivity contribution < 1.29 is 24.5 Å². The van der Waals surface area contributed by atoms with Crippen molar-refractivity contribution in [1.82, 2.24) is 0 Å². The van der Waals surface area contributed by atoms with E-state index in [-0.39, 0.29) is 0 Å². The minimum absolute atomic E-state index is 0.370. The highest BCUT2D eigenvalue weighted by atomic mass is 16.5. The van der Waals surface area contributed by atoms with Gasteiger partial charge in [0.25, 0.3) is 0 Å². The monoisotopic (exact) mass is 223 g/mol. The first kappa shape index (κ1) is 12.2. The summed E-state index contributed by atoms with van der Waals surface area (Å²) in [5.41, 5.74) is 0.370. The fourth-order valence-electron chi connectivity index (χ4n) is 1.38. The molecule has 1 radical (unpaired) electrons. The molecule has 1 aromatic carbocycles. The molecule has 0 amide bonds. The lowest BCUT2D eigenvalue weighted by Gasteiger charge is -2.17. The van der Waals surface area contributed by atoms with Crippen LogP contribution in [-0.4, -0.2) is 29.3 Å². The van der Waals surface area contributed by atoms with E-state index in [1.54, 1.807) is 30.3 Å². The minimum atomic E-state index is -1.38. The number of aliphatic carboxylic acids is 2. The Kier molecular flexibility index (Phi) is 4.02. The maximum atomic E-state index is 11.0. The second-order valence-corrected chi connectivity index (χ2v) is 3.06. The molecule has 1 atom stereocenters. The third-order valence-corrected chi connectivity index (χ3v) is 2.07. The zero-order chi connectivity index (χ0) is 12.1. The van der Waals surface area contributed by atoms with E-state index >= 15 is 0 Å². The number of ether oxygens (including phenoxy) is 1. The summed E-state index contributed by atoms with van der Waals surface area (Å²) in [5.74, 6) is -3.92. The smallest absolute Gasteiger partial charge is 0.341 e. The molecule has 0 aliphatic heterocycles. The first-order chi connectivity index (χ1) is 7.57. The van der Waals surface area contributed by atoms with Crippen LogP contribution in [0.25, 0.3) is 0 Å². The molecule has 0 saturated heterocycles. The van der Waals surface area contributed by atoms with Gasteiger partial charge in [-0.3, -0.25) is 4.79 Å². The quantitative estimate of drug-likeness (QED) is 0.781. The van der Waals surface area contributed by atoms with Crippen molar-refractivity contribution in [1.29, 1.82) is 0 Å². The number of hydrogen-bond acceptors (Lipinski definition) is 3. The average Bonchev–Trinajstić information content (AvgIpc) is 2.25. The van der Waals surface area contributed by atoms with Gasteiger partial charge in [-0.2, -0.15) is 0 Å². The van der Waals surface area contributed by atoms with Gasteiger partial charge in [-0.25, -0.2) is 4.79 Å². The largest absolute Gasteiger partial charge is 0.481 e. The van der Waals surface area contributed by atoms with Crippen LogP contribution in [0.5, 0.6) is 0 Å². The molecule has 16 heavy (non-hydrogen) atoms. The number of hydrogen-bond donors (Lipinski definition) is 2. The number of benzene rings is 1. The highest BCUT2D eigenvalue weighted by molar-refractivity contribution is 5.92. The van der Waals surface area contributed by atoms with Crippen LogP contribution in [-0.2, 0) is 14.3 Å². The zero-order valence-electron chi connectivity index (χ0n) is 8.58. The van der Waals surface area contributed by atoms with Crippen LogP contribution in [0, 0.1) is 6.10 Å². The molecule has 85 valence electrons. The number of carboxylic acids is 2. The van der Waals surface area contributed by atoms with Gasteiger partial charge in [0.15, 0.2) is 0 Å². The van der Waals surface area contributed by atoms with Crippen molar-refractivity contribution in [2.24, 2.45) is 0 Å². The molecular formula is C11H11O5. The third-order valence-electron chi connectivity index (χ3n) is 2.07. The van der Waals surface area contributed by atoms with Crippen molar-refractivity contribution in [3.8, 4) is 0 Å². The molecule has 0 aromatic heterocycles. The van der Waals surface area contributed by atoms with Crippen molar-refractivity contribution in [2.45, 2.75) is 5.92 Å². The Bertz CT molecular complexity index is 373. The predicted molar refractivity (Wildman–Crippen MR) is 54.7 cm³/mol. The van der Waals surface area contributed by atoms with E-state index in [2.05, 4.69) is 4.74 Å². The van der Waals surface area contributed by atoms with Gasteiger partial charge in [-0.15, -0.1) is 0 Å². The van der Waals surface area contributed by atoms with Gasteiger partial charge >= 0.3 is 11.9 Å². The Labute approximate surface area is 92.3 Å². The summed E-state index contributed by atoms with van der Waals surface area (Å²) in [5, 5.41) is 17.8. The molecule has 1 rings (SSSR count).